The number of nitrogens with one attached hydrogen (secondary N) is 3. The van der Waals surface area contributed by atoms with Crippen LogP contribution in [-0.4, -0.2) is 59.9 Å². The first kappa shape index (κ1) is 23.9. The normalized spacial score (nSPS) is 12.7. The van der Waals surface area contributed by atoms with Gasteiger partial charge in [-0.05, 0) is 26.0 Å². The molecule has 3 amide bonds. The molecule has 0 heterocycles. The number of hydrogen-bond donors (Lipinski definition) is 7. The summed E-state index contributed by atoms with van der Waals surface area (Å²) in [7, 11) is 0. The van der Waals surface area contributed by atoms with E-state index in [1.54, 1.807) is 6.92 Å². The molecule has 27 heavy (non-hydrogen) atoms. The summed E-state index contributed by atoms with van der Waals surface area (Å²) >= 11 is 0. The summed E-state index contributed by atoms with van der Waals surface area (Å²) < 4.78 is 0. The Morgan fingerprint density at radius 2 is 1.85 bits per heavy atom. The van der Waals surface area contributed by atoms with Crippen molar-refractivity contribution in [3.63, 3.8) is 0 Å². The monoisotopic (exact) mass is 385 g/mol. The van der Waals surface area contributed by atoms with Crippen molar-refractivity contribution in [2.24, 2.45) is 22.2 Å². The fourth-order valence-electron chi connectivity index (χ4n) is 1.84. The molecule has 0 aromatic rings. The van der Waals surface area contributed by atoms with Crippen LogP contribution in [0.3, 0.4) is 0 Å². The van der Waals surface area contributed by atoms with E-state index in [4.69, 9.17) is 22.3 Å². The summed E-state index contributed by atoms with van der Waals surface area (Å²) in [5.74, 6) is -3.30. The molecule has 12 heteroatoms. The standard InChI is InChI=1S/C15H27N7O5/c1-2-5-19-14(27)10(7-12(24)25)22-11(23)8-21-13(26)9(16)4-3-6-20-15(17)18/h2,5,9-10H,3-4,6-8,16H2,1H3,(H,19,27)(H,21,26)(H,22,23)(H,24,25)(H4,17,18,20)/t9-,10-/m0/s1. The zero-order valence-corrected chi connectivity index (χ0v) is 15.1. The Bertz CT molecular complexity index is 587. The third-order valence-electron chi connectivity index (χ3n) is 3.15. The van der Waals surface area contributed by atoms with Crippen molar-refractivity contribution in [1.29, 1.82) is 0 Å². The quantitative estimate of drug-likeness (QED) is 0.105. The van der Waals surface area contributed by atoms with Crippen molar-refractivity contribution in [3.8, 4) is 0 Å². The lowest BCUT2D eigenvalue weighted by atomic mass is 10.1. The second-order valence-corrected chi connectivity index (χ2v) is 5.50. The zero-order valence-electron chi connectivity index (χ0n) is 15.1. The molecule has 0 fully saturated rings. The van der Waals surface area contributed by atoms with Gasteiger partial charge in [-0.2, -0.15) is 0 Å². The smallest absolute Gasteiger partial charge is 0.305 e. The van der Waals surface area contributed by atoms with Crippen LogP contribution in [0.15, 0.2) is 17.3 Å². The van der Waals surface area contributed by atoms with E-state index in [9.17, 15) is 19.2 Å². The molecule has 2 atom stereocenters. The number of nitrogens with zero attached hydrogens (tertiary/aromatic N) is 1. The molecule has 0 aromatic carbocycles. The van der Waals surface area contributed by atoms with E-state index in [1.807, 2.05) is 0 Å². The average Bonchev–Trinajstić information content (AvgIpc) is 2.59. The van der Waals surface area contributed by atoms with Gasteiger partial charge in [-0.15, -0.1) is 0 Å². The highest BCUT2D eigenvalue weighted by molar-refractivity contribution is 5.93. The number of hydrogen-bond acceptors (Lipinski definition) is 6. The Morgan fingerprint density at radius 1 is 1.19 bits per heavy atom. The number of amides is 3. The third kappa shape index (κ3) is 11.9. The van der Waals surface area contributed by atoms with E-state index in [0.29, 0.717) is 19.4 Å². The molecule has 12 nitrogen and oxygen atoms in total. The fourth-order valence-corrected chi connectivity index (χ4v) is 1.84. The van der Waals surface area contributed by atoms with E-state index < -0.39 is 48.7 Å². The molecule has 0 aliphatic carbocycles. The first-order valence-electron chi connectivity index (χ1n) is 8.18. The van der Waals surface area contributed by atoms with Crippen molar-refractivity contribution >= 4 is 29.7 Å². The Morgan fingerprint density at radius 3 is 2.41 bits per heavy atom. The Kier molecular flexibility index (Phi) is 11.6. The Hall–Kier alpha value is -3.15. The zero-order chi connectivity index (χ0) is 20.8. The molecular weight excluding hydrogens is 358 g/mol. The summed E-state index contributed by atoms with van der Waals surface area (Å²) in [6, 6.07) is -2.14. The maximum absolute atomic E-state index is 11.9. The van der Waals surface area contributed by atoms with E-state index in [-0.39, 0.29) is 5.96 Å². The summed E-state index contributed by atoms with van der Waals surface area (Å²) in [5, 5.41) is 15.7. The van der Waals surface area contributed by atoms with Crippen molar-refractivity contribution in [3.05, 3.63) is 12.3 Å². The van der Waals surface area contributed by atoms with Crippen LogP contribution >= 0.6 is 0 Å². The van der Waals surface area contributed by atoms with Gasteiger partial charge in [0, 0.05) is 6.54 Å². The topological polar surface area (TPSA) is 215 Å². The lowest BCUT2D eigenvalue weighted by molar-refractivity contribution is -0.140. The number of allylic oxidation sites excluding steroid dienone is 1. The highest BCUT2D eigenvalue weighted by Crippen LogP contribution is 1.96. The van der Waals surface area contributed by atoms with E-state index in [0.717, 1.165) is 0 Å². The minimum atomic E-state index is -1.28. The number of carboxylic acids is 1. The maximum Gasteiger partial charge on any atom is 0.305 e. The van der Waals surface area contributed by atoms with Crippen molar-refractivity contribution in [2.45, 2.75) is 38.3 Å². The van der Waals surface area contributed by atoms with Gasteiger partial charge in [0.2, 0.25) is 17.7 Å². The number of carbonyl (C=O) groups is 4. The van der Waals surface area contributed by atoms with Gasteiger partial charge in [0.15, 0.2) is 5.96 Å². The Labute approximate surface area is 156 Å². The Balaban J connectivity index is 4.42. The number of carbonyl (C=O) groups excluding carboxylic acids is 3. The molecule has 0 unspecified atom stereocenters. The molecular formula is C15H27N7O5. The molecule has 0 aliphatic rings. The molecule has 152 valence electrons. The van der Waals surface area contributed by atoms with Gasteiger partial charge in [0.05, 0.1) is 19.0 Å². The third-order valence-corrected chi connectivity index (χ3v) is 3.15. The summed E-state index contributed by atoms with van der Waals surface area (Å²) in [6.07, 6.45) is 3.02. The van der Waals surface area contributed by atoms with Crippen LogP contribution in [-0.2, 0) is 19.2 Å². The van der Waals surface area contributed by atoms with Crippen LogP contribution < -0.4 is 33.2 Å². The van der Waals surface area contributed by atoms with Crippen LogP contribution in [0, 0.1) is 0 Å². The largest absolute Gasteiger partial charge is 0.481 e. The number of rotatable bonds is 12. The van der Waals surface area contributed by atoms with Crippen LogP contribution in [0.4, 0.5) is 0 Å². The number of nitrogens with two attached hydrogens (primary N) is 3. The minimum absolute atomic E-state index is 0.0564. The molecule has 10 N–H and O–H groups in total. The lowest BCUT2D eigenvalue weighted by Gasteiger charge is -2.16. The molecule has 0 rings (SSSR count). The van der Waals surface area contributed by atoms with E-state index in [1.165, 1.54) is 12.3 Å². The second-order valence-electron chi connectivity index (χ2n) is 5.50. The van der Waals surface area contributed by atoms with Gasteiger partial charge >= 0.3 is 5.97 Å². The number of guanidine groups is 1. The number of aliphatic imine (C=N–C) groups is 1. The van der Waals surface area contributed by atoms with Crippen molar-refractivity contribution in [2.75, 3.05) is 13.1 Å². The van der Waals surface area contributed by atoms with Gasteiger partial charge in [-0.25, -0.2) is 0 Å². The molecule has 0 bridgehead atoms. The van der Waals surface area contributed by atoms with Crippen LogP contribution in [0.1, 0.15) is 26.2 Å². The van der Waals surface area contributed by atoms with Crippen molar-refractivity contribution in [1.82, 2.24) is 16.0 Å². The van der Waals surface area contributed by atoms with Gasteiger partial charge < -0.3 is 38.3 Å². The van der Waals surface area contributed by atoms with Gasteiger partial charge in [0.25, 0.3) is 0 Å². The summed E-state index contributed by atoms with van der Waals surface area (Å²) in [5.41, 5.74) is 16.0. The van der Waals surface area contributed by atoms with E-state index >= 15 is 0 Å². The fraction of sp³-hybridized carbons (Fsp3) is 0.533. The highest BCUT2D eigenvalue weighted by Gasteiger charge is 2.23. The van der Waals surface area contributed by atoms with Crippen LogP contribution in [0.5, 0.6) is 0 Å². The number of aliphatic carboxylic acids is 1. The first-order chi connectivity index (χ1) is 12.7. The lowest BCUT2D eigenvalue weighted by Crippen LogP contribution is -2.51. The van der Waals surface area contributed by atoms with Gasteiger partial charge in [-0.1, -0.05) is 6.08 Å². The molecule has 0 spiro atoms. The second kappa shape index (κ2) is 13.1. The van der Waals surface area contributed by atoms with Crippen molar-refractivity contribution < 1.29 is 24.3 Å². The molecule has 0 saturated carbocycles. The molecule has 0 radical (unpaired) electrons. The van der Waals surface area contributed by atoms with Crippen LogP contribution in [0.2, 0.25) is 0 Å². The van der Waals surface area contributed by atoms with E-state index in [2.05, 4.69) is 20.9 Å². The SMILES string of the molecule is CC=CNC(=O)[C@H](CC(=O)O)NC(=O)CNC(=O)[C@@H](N)CCCN=C(N)N. The molecule has 0 saturated heterocycles. The van der Waals surface area contributed by atoms with Gasteiger partial charge in [0.1, 0.15) is 6.04 Å². The van der Waals surface area contributed by atoms with Crippen LogP contribution in [0.25, 0.3) is 0 Å². The summed E-state index contributed by atoms with van der Waals surface area (Å²) in [6.45, 7) is 1.52. The summed E-state index contributed by atoms with van der Waals surface area (Å²) in [4.78, 5) is 50.1. The highest BCUT2D eigenvalue weighted by atomic mass is 16.4. The maximum atomic E-state index is 11.9. The first-order valence-corrected chi connectivity index (χ1v) is 8.18. The number of carboxylic acid groups (broad SMARTS) is 1. The van der Waals surface area contributed by atoms with Gasteiger partial charge in [-0.3, -0.25) is 24.2 Å². The minimum Gasteiger partial charge on any atom is -0.481 e. The average molecular weight is 385 g/mol. The predicted octanol–water partition coefficient (Wildman–Crippen LogP) is -2.91. The molecule has 0 aliphatic heterocycles. The predicted molar refractivity (Wildman–Crippen MR) is 98.0 cm³/mol. The molecule has 0 aromatic heterocycles.